The Morgan fingerprint density at radius 3 is 1.33 bits per heavy atom. The van der Waals surface area contributed by atoms with Crippen LogP contribution in [0.15, 0.2) is 60.7 Å². The minimum Gasteiger partial charge on any atom is -0.0616 e. The maximum atomic E-state index is 2.18. The van der Waals surface area contributed by atoms with Crippen molar-refractivity contribution in [2.75, 3.05) is 0 Å². The van der Waals surface area contributed by atoms with E-state index >= 15 is 0 Å². The second-order valence-electron chi connectivity index (χ2n) is 3.51. The van der Waals surface area contributed by atoms with Crippen molar-refractivity contribution in [1.82, 2.24) is 0 Å². The highest BCUT2D eigenvalue weighted by Gasteiger charge is 1.97. The number of rotatable bonds is 0. The van der Waals surface area contributed by atoms with Gasteiger partial charge in [-0.1, -0.05) is 60.7 Å². The van der Waals surface area contributed by atoms with Crippen molar-refractivity contribution < 1.29 is 0 Å². The normalized spacial score (nSPS) is 10.1. The Labute approximate surface area is 99.7 Å². The zero-order chi connectivity index (χ0) is 9.38. The molecule has 0 fully saturated rings. The van der Waals surface area contributed by atoms with E-state index in [0.29, 0.717) is 0 Å². The lowest BCUT2D eigenvalue weighted by Crippen LogP contribution is -1.75. The maximum Gasteiger partial charge on any atom is 0 e. The van der Waals surface area contributed by atoms with Gasteiger partial charge in [-0.15, -0.1) is 0 Å². The molecule has 0 amide bonds. The largest absolute Gasteiger partial charge is 0.0616 e. The Morgan fingerprint density at radius 2 is 0.867 bits per heavy atom. The van der Waals surface area contributed by atoms with E-state index < -0.39 is 0 Å². The third-order valence-electron chi connectivity index (χ3n) is 2.65. The lowest BCUT2D eigenvalue weighted by molar-refractivity contribution is 1.76. The van der Waals surface area contributed by atoms with E-state index in [9.17, 15) is 0 Å². The molecule has 0 saturated heterocycles. The van der Waals surface area contributed by atoms with Gasteiger partial charge in [0.25, 0.3) is 0 Å². The zero-order valence-electron chi connectivity index (χ0n) is 8.35. The summed E-state index contributed by atoms with van der Waals surface area (Å²) in [6.45, 7) is 0. The van der Waals surface area contributed by atoms with Crippen molar-refractivity contribution >= 4 is 38.9 Å². The Morgan fingerprint density at radius 1 is 0.467 bits per heavy atom. The summed E-state index contributed by atoms with van der Waals surface area (Å²) < 4.78 is 0. The monoisotopic (exact) mass is 205 g/mol. The molecule has 0 aromatic heterocycles. The van der Waals surface area contributed by atoms with E-state index in [1.807, 2.05) is 0 Å². The molecule has 1 heteroatoms. The number of benzene rings is 3. The molecule has 0 aliphatic heterocycles. The first-order valence-electron chi connectivity index (χ1n) is 4.82. The van der Waals surface area contributed by atoms with Crippen molar-refractivity contribution in [2.24, 2.45) is 0 Å². The van der Waals surface area contributed by atoms with Gasteiger partial charge in [0.05, 0.1) is 0 Å². The molecule has 3 aromatic carbocycles. The molecule has 0 aliphatic carbocycles. The van der Waals surface area contributed by atoms with Crippen molar-refractivity contribution in [3.05, 3.63) is 60.7 Å². The fourth-order valence-electron chi connectivity index (χ4n) is 1.95. The topological polar surface area (TPSA) is 0 Å². The summed E-state index contributed by atoms with van der Waals surface area (Å²) in [4.78, 5) is 0. The van der Waals surface area contributed by atoms with E-state index in [1.165, 1.54) is 21.5 Å². The van der Waals surface area contributed by atoms with Crippen LogP contribution in [0.5, 0.6) is 0 Å². The number of fused-ring (bicyclic) bond motifs is 3. The second kappa shape index (κ2) is 4.07. The highest BCUT2D eigenvalue weighted by Crippen LogP contribution is 2.24. The molecule has 69 valence electrons. The van der Waals surface area contributed by atoms with E-state index in [1.54, 1.807) is 0 Å². The van der Waals surface area contributed by atoms with Crippen molar-refractivity contribution in [3.8, 4) is 0 Å². The van der Waals surface area contributed by atoms with Crippen LogP contribution in [-0.2, 0) is 0 Å². The minimum atomic E-state index is 0. The van der Waals surface area contributed by atoms with Crippen molar-refractivity contribution in [1.29, 1.82) is 0 Å². The van der Waals surface area contributed by atoms with Crippen LogP contribution in [0.4, 0.5) is 0 Å². The third kappa shape index (κ3) is 1.65. The molecule has 0 aliphatic rings. The van der Waals surface area contributed by atoms with Gasteiger partial charge in [-0.25, -0.2) is 0 Å². The molecule has 0 nitrogen and oxygen atoms in total. The van der Waals surface area contributed by atoms with Gasteiger partial charge < -0.3 is 0 Å². The second-order valence-corrected chi connectivity index (χ2v) is 3.51. The van der Waals surface area contributed by atoms with Gasteiger partial charge >= 0.3 is 0 Å². The fraction of sp³-hybridized carbons (Fsp3) is 0. The van der Waals surface area contributed by atoms with E-state index in [-0.39, 0.29) is 17.4 Å². The maximum absolute atomic E-state index is 2.18. The van der Waals surface area contributed by atoms with Gasteiger partial charge in [0.2, 0.25) is 0 Å². The van der Waals surface area contributed by atoms with Crippen LogP contribution in [0, 0.1) is 0 Å². The van der Waals surface area contributed by atoms with Gasteiger partial charge in [0.15, 0.2) is 0 Å². The van der Waals surface area contributed by atoms with Crippen LogP contribution >= 0.6 is 0 Å². The summed E-state index contributed by atoms with van der Waals surface area (Å²) in [6, 6.07) is 21.4. The average Bonchev–Trinajstić information content (AvgIpc) is 2.29. The van der Waals surface area contributed by atoms with Crippen LogP contribution in [0.3, 0.4) is 0 Å². The molecule has 0 N–H and O–H groups in total. The summed E-state index contributed by atoms with van der Waals surface area (Å²) in [7, 11) is 0. The molecule has 15 heavy (non-hydrogen) atoms. The Hall–Kier alpha value is -1.29. The quantitative estimate of drug-likeness (QED) is 0.388. The smallest absolute Gasteiger partial charge is 0 e. The molecule has 0 unspecified atom stereocenters. The lowest BCUT2D eigenvalue weighted by atomic mass is 10.0. The van der Waals surface area contributed by atoms with Crippen LogP contribution in [-0.4, -0.2) is 17.4 Å². The first-order chi connectivity index (χ1) is 6.95. The van der Waals surface area contributed by atoms with Gasteiger partial charge in [0, 0.05) is 17.4 Å². The Balaban J connectivity index is 0.000000853. The van der Waals surface area contributed by atoms with Crippen LogP contribution in [0.2, 0.25) is 0 Å². The summed E-state index contributed by atoms with van der Waals surface area (Å²) >= 11 is 0. The van der Waals surface area contributed by atoms with E-state index in [4.69, 9.17) is 0 Å². The SMILES string of the molecule is [Al].c1ccc2c(c1)ccc1ccccc12. The predicted octanol–water partition coefficient (Wildman–Crippen LogP) is 3.61. The zero-order valence-corrected chi connectivity index (χ0v) is 9.51. The summed E-state index contributed by atoms with van der Waals surface area (Å²) in [5.74, 6) is 0. The predicted molar refractivity (Wildman–Crippen MR) is 67.2 cm³/mol. The highest BCUT2D eigenvalue weighted by atomic mass is 27.0. The highest BCUT2D eigenvalue weighted by molar-refractivity contribution is 6.07. The molecular formula is C14H10Al. The van der Waals surface area contributed by atoms with Gasteiger partial charge in [-0.2, -0.15) is 0 Å². The summed E-state index contributed by atoms with van der Waals surface area (Å²) in [5, 5.41) is 5.30. The molecular weight excluding hydrogens is 195 g/mol. The Kier molecular flexibility index (Phi) is 2.77. The van der Waals surface area contributed by atoms with Crippen molar-refractivity contribution in [2.45, 2.75) is 0 Å². The van der Waals surface area contributed by atoms with Gasteiger partial charge in [-0.05, 0) is 21.5 Å². The molecule has 0 heterocycles. The van der Waals surface area contributed by atoms with Gasteiger partial charge in [-0.3, -0.25) is 0 Å². The molecule has 3 aromatic rings. The summed E-state index contributed by atoms with van der Waals surface area (Å²) in [6.07, 6.45) is 0. The summed E-state index contributed by atoms with van der Waals surface area (Å²) in [5.41, 5.74) is 0. The number of hydrogen-bond donors (Lipinski definition) is 0. The van der Waals surface area contributed by atoms with Crippen LogP contribution in [0.25, 0.3) is 21.5 Å². The fourth-order valence-corrected chi connectivity index (χ4v) is 1.95. The molecule has 0 atom stereocenters. The number of hydrogen-bond acceptors (Lipinski definition) is 0. The van der Waals surface area contributed by atoms with Crippen molar-refractivity contribution in [3.63, 3.8) is 0 Å². The molecule has 3 rings (SSSR count). The lowest BCUT2D eigenvalue weighted by Gasteiger charge is -2.02. The van der Waals surface area contributed by atoms with Gasteiger partial charge in [0.1, 0.15) is 0 Å². The van der Waals surface area contributed by atoms with Crippen LogP contribution < -0.4 is 0 Å². The molecule has 0 spiro atoms. The minimum absolute atomic E-state index is 0. The van der Waals surface area contributed by atoms with E-state index in [0.717, 1.165) is 0 Å². The third-order valence-corrected chi connectivity index (χ3v) is 2.65. The molecule has 0 bridgehead atoms. The standard InChI is InChI=1S/C14H10.Al/c1-3-7-13-11(5-1)9-10-12-6-2-4-8-14(12)13;/h1-10H;. The molecule has 3 radical (unpaired) electrons. The average molecular weight is 205 g/mol. The van der Waals surface area contributed by atoms with Crippen LogP contribution in [0.1, 0.15) is 0 Å². The van der Waals surface area contributed by atoms with E-state index in [2.05, 4.69) is 60.7 Å². The first kappa shape index (κ1) is 10.2. The molecule has 0 saturated carbocycles. The first-order valence-corrected chi connectivity index (χ1v) is 4.82. The Bertz CT molecular complexity index is 544.